The summed E-state index contributed by atoms with van der Waals surface area (Å²) in [4.78, 5) is 13.2. The van der Waals surface area contributed by atoms with Crippen LogP contribution in [0, 0.1) is 12.7 Å². The van der Waals surface area contributed by atoms with Crippen molar-refractivity contribution in [1.29, 1.82) is 0 Å². The highest BCUT2D eigenvalue weighted by Gasteiger charge is 2.20. The van der Waals surface area contributed by atoms with Gasteiger partial charge >= 0.3 is 0 Å². The molecule has 0 unspecified atom stereocenters. The van der Waals surface area contributed by atoms with Crippen LogP contribution in [0.1, 0.15) is 11.3 Å². The highest BCUT2D eigenvalue weighted by Crippen LogP contribution is 2.26. The Morgan fingerprint density at radius 2 is 2.15 bits per heavy atom. The second kappa shape index (κ2) is 6.95. The van der Waals surface area contributed by atoms with Crippen molar-refractivity contribution in [3.8, 4) is 0 Å². The molecule has 4 rings (SSSR count). The smallest absolute Gasteiger partial charge is 0.191 e. The number of rotatable bonds is 3. The lowest BCUT2D eigenvalue weighted by Crippen LogP contribution is -2.51. The number of nitrogens with zero attached hydrogens (tertiary/aromatic N) is 4. The second-order valence-corrected chi connectivity index (χ2v) is 7.13. The molecule has 1 fully saturated rings. The van der Waals surface area contributed by atoms with Gasteiger partial charge in [0.25, 0.3) is 0 Å². The summed E-state index contributed by atoms with van der Waals surface area (Å²) in [7, 11) is 0. The predicted octanol–water partition coefficient (Wildman–Crippen LogP) is 2.97. The van der Waals surface area contributed by atoms with E-state index >= 15 is 0 Å². The molecule has 1 aromatic carbocycles. The van der Waals surface area contributed by atoms with E-state index < -0.39 is 0 Å². The summed E-state index contributed by atoms with van der Waals surface area (Å²) < 4.78 is 19.2. The summed E-state index contributed by atoms with van der Waals surface area (Å²) >= 11 is 1.65. The van der Waals surface area contributed by atoms with E-state index in [1.165, 1.54) is 12.1 Å². The molecule has 1 aliphatic rings. The van der Waals surface area contributed by atoms with Crippen molar-refractivity contribution in [1.82, 2.24) is 9.88 Å². The van der Waals surface area contributed by atoms with Crippen LogP contribution in [0.25, 0.3) is 11.0 Å². The van der Waals surface area contributed by atoms with E-state index in [1.54, 1.807) is 17.4 Å². The monoisotopic (exact) mass is 373 g/mol. The van der Waals surface area contributed by atoms with Crippen LogP contribution in [-0.2, 0) is 6.54 Å². The largest absolute Gasteiger partial charge is 0.459 e. The number of aliphatic imine (C=N–C) groups is 1. The molecule has 1 aliphatic heterocycles. The number of guanidine groups is 1. The molecule has 136 valence electrons. The van der Waals surface area contributed by atoms with Crippen molar-refractivity contribution in [3.05, 3.63) is 46.9 Å². The van der Waals surface area contributed by atoms with E-state index in [9.17, 15) is 4.39 Å². The number of halogens is 1. The van der Waals surface area contributed by atoms with Crippen molar-refractivity contribution in [2.45, 2.75) is 13.5 Å². The Hall–Kier alpha value is -2.61. The van der Waals surface area contributed by atoms with Gasteiger partial charge in [-0.2, -0.15) is 0 Å². The molecule has 0 aliphatic carbocycles. The quantitative estimate of drug-likeness (QED) is 0.565. The molecule has 1 saturated heterocycles. The normalized spacial score (nSPS) is 15.8. The van der Waals surface area contributed by atoms with E-state index in [4.69, 9.17) is 10.2 Å². The molecule has 8 heteroatoms. The number of benzene rings is 1. The van der Waals surface area contributed by atoms with Gasteiger partial charge in [-0.05, 0) is 25.1 Å². The molecule has 3 heterocycles. The molecule has 0 saturated carbocycles. The number of thiazole rings is 1. The van der Waals surface area contributed by atoms with Crippen molar-refractivity contribution >= 4 is 33.4 Å². The zero-order valence-corrected chi connectivity index (χ0v) is 15.3. The molecule has 2 N–H and O–H groups in total. The number of anilines is 1. The van der Waals surface area contributed by atoms with E-state index in [0.717, 1.165) is 48.0 Å². The summed E-state index contributed by atoms with van der Waals surface area (Å²) in [6.07, 6.45) is 1.82. The zero-order chi connectivity index (χ0) is 18.1. The SMILES string of the molecule is Cc1c(CN=C(N)N2CCN(c3nccs3)CC2)oc2ccc(F)cc12. The summed E-state index contributed by atoms with van der Waals surface area (Å²) in [5.41, 5.74) is 7.75. The summed E-state index contributed by atoms with van der Waals surface area (Å²) in [6, 6.07) is 4.53. The Morgan fingerprint density at radius 1 is 1.35 bits per heavy atom. The number of aryl methyl sites for hydroxylation is 1. The van der Waals surface area contributed by atoms with Crippen LogP contribution in [-0.4, -0.2) is 42.0 Å². The first-order valence-corrected chi connectivity index (χ1v) is 9.36. The Balaban J connectivity index is 1.42. The Bertz CT molecular complexity index is 929. The van der Waals surface area contributed by atoms with Crippen LogP contribution in [0.3, 0.4) is 0 Å². The van der Waals surface area contributed by atoms with Crippen LogP contribution >= 0.6 is 11.3 Å². The van der Waals surface area contributed by atoms with Gasteiger partial charge in [-0.3, -0.25) is 0 Å². The topological polar surface area (TPSA) is 70.9 Å². The lowest BCUT2D eigenvalue weighted by atomic mass is 10.1. The van der Waals surface area contributed by atoms with E-state index in [1.807, 2.05) is 18.5 Å². The van der Waals surface area contributed by atoms with E-state index in [0.29, 0.717) is 18.1 Å². The van der Waals surface area contributed by atoms with Gasteiger partial charge in [-0.1, -0.05) is 0 Å². The van der Waals surface area contributed by atoms with Crippen LogP contribution in [0.4, 0.5) is 9.52 Å². The lowest BCUT2D eigenvalue weighted by Gasteiger charge is -2.35. The fourth-order valence-corrected chi connectivity index (χ4v) is 3.84. The standard InChI is InChI=1S/C18H20FN5OS/c1-12-14-10-13(19)2-3-15(14)25-16(12)11-22-17(20)23-5-7-24(8-6-23)18-21-4-9-26-18/h2-4,9-10H,5-8,11H2,1H3,(H2,20,22). The van der Waals surface area contributed by atoms with Crippen LogP contribution in [0.5, 0.6) is 0 Å². The number of fused-ring (bicyclic) bond motifs is 1. The molecule has 0 atom stereocenters. The average Bonchev–Trinajstić information content (AvgIpc) is 3.29. The van der Waals surface area contributed by atoms with Crippen molar-refractivity contribution in [2.75, 3.05) is 31.1 Å². The highest BCUT2D eigenvalue weighted by atomic mass is 32.1. The van der Waals surface area contributed by atoms with Crippen LogP contribution < -0.4 is 10.6 Å². The molecule has 0 bridgehead atoms. The molecule has 0 spiro atoms. The Morgan fingerprint density at radius 3 is 2.88 bits per heavy atom. The van der Waals surface area contributed by atoms with Crippen LogP contribution in [0.2, 0.25) is 0 Å². The van der Waals surface area contributed by atoms with E-state index in [-0.39, 0.29) is 5.82 Å². The Kier molecular flexibility index (Phi) is 4.50. The van der Waals surface area contributed by atoms with Gasteiger partial charge in [-0.15, -0.1) is 11.3 Å². The summed E-state index contributed by atoms with van der Waals surface area (Å²) in [5.74, 6) is 0.957. The van der Waals surface area contributed by atoms with Crippen molar-refractivity contribution in [3.63, 3.8) is 0 Å². The lowest BCUT2D eigenvalue weighted by molar-refractivity contribution is 0.380. The Labute approximate surface area is 154 Å². The number of hydrogen-bond donors (Lipinski definition) is 1. The van der Waals surface area contributed by atoms with Gasteiger partial charge in [0, 0.05) is 48.7 Å². The highest BCUT2D eigenvalue weighted by molar-refractivity contribution is 7.13. The van der Waals surface area contributed by atoms with Gasteiger partial charge in [0.05, 0.1) is 0 Å². The molecule has 0 amide bonds. The minimum atomic E-state index is -0.269. The van der Waals surface area contributed by atoms with Gasteiger partial charge in [0.1, 0.15) is 23.7 Å². The first-order chi connectivity index (χ1) is 12.6. The fourth-order valence-electron chi connectivity index (χ4n) is 3.15. The molecule has 2 aromatic heterocycles. The van der Waals surface area contributed by atoms with Gasteiger partial charge in [0.15, 0.2) is 11.1 Å². The first-order valence-electron chi connectivity index (χ1n) is 8.48. The fraction of sp³-hybridized carbons (Fsp3) is 0.333. The molecule has 6 nitrogen and oxygen atoms in total. The van der Waals surface area contributed by atoms with Crippen LogP contribution in [0.15, 0.2) is 39.2 Å². The third-order valence-electron chi connectivity index (χ3n) is 4.68. The predicted molar refractivity (Wildman–Crippen MR) is 102 cm³/mol. The van der Waals surface area contributed by atoms with Crippen molar-refractivity contribution < 1.29 is 8.81 Å². The van der Waals surface area contributed by atoms with Gasteiger partial charge < -0.3 is 20.0 Å². The number of aromatic nitrogens is 1. The number of hydrogen-bond acceptors (Lipinski definition) is 5. The summed E-state index contributed by atoms with van der Waals surface area (Å²) in [5, 5.41) is 3.81. The summed E-state index contributed by atoms with van der Waals surface area (Å²) in [6.45, 7) is 5.61. The van der Waals surface area contributed by atoms with Gasteiger partial charge in [-0.25, -0.2) is 14.4 Å². The minimum absolute atomic E-state index is 0.269. The molecular formula is C18H20FN5OS. The van der Waals surface area contributed by atoms with E-state index in [2.05, 4.69) is 19.8 Å². The number of nitrogens with two attached hydrogens (primary N) is 1. The zero-order valence-electron chi connectivity index (χ0n) is 14.5. The molecular weight excluding hydrogens is 353 g/mol. The van der Waals surface area contributed by atoms with Gasteiger partial charge in [0.2, 0.25) is 0 Å². The second-order valence-electron chi connectivity index (χ2n) is 6.25. The maximum Gasteiger partial charge on any atom is 0.191 e. The van der Waals surface area contributed by atoms with Crippen molar-refractivity contribution in [2.24, 2.45) is 10.7 Å². The third-order valence-corrected chi connectivity index (χ3v) is 5.51. The average molecular weight is 373 g/mol. The molecule has 3 aromatic rings. The molecule has 26 heavy (non-hydrogen) atoms. The third kappa shape index (κ3) is 3.24. The number of furan rings is 1. The molecule has 0 radical (unpaired) electrons. The maximum absolute atomic E-state index is 13.4. The number of piperazine rings is 1. The maximum atomic E-state index is 13.4. The first kappa shape index (κ1) is 16.8. The minimum Gasteiger partial charge on any atom is -0.459 e.